The summed E-state index contributed by atoms with van der Waals surface area (Å²) in [5.41, 5.74) is 10.7. The van der Waals surface area contributed by atoms with Gasteiger partial charge in [0.05, 0.1) is 12.1 Å². The number of pyridine rings is 1. The lowest BCUT2D eigenvalue weighted by atomic mass is 10.2. The molecule has 0 unspecified atom stereocenters. The summed E-state index contributed by atoms with van der Waals surface area (Å²) in [7, 11) is 4.61. The van der Waals surface area contributed by atoms with Crippen molar-refractivity contribution in [3.8, 4) is 0 Å². The van der Waals surface area contributed by atoms with E-state index < -0.39 is 18.1 Å². The standard InChI is InChI=1S/C9H11NOS.2C8H16N2O2S.C4H10N2OS.3C2H6.CH4/c1-2-5-9(11)12-8-6-3-4-7-10-8;1-3-4-7(11)13-5-6(9)8(12)10-2;1-3-4-7(11)10-6(5-13)8(12)9-2;1-6-4(7)3(5)2-8;3*1-2;/h3-4,6-7H,2,5H2,1H3;6H,3-5,9H2,1-2H3,(H,10,12);6,13H,3-5H2,1-2H3,(H,9,12)(H,10,11);3,8H,2,5H2,1H3,(H,6,7);3*1-2H3;1H4/t;2*6-;3-;;;;/m.111..../s1. The van der Waals surface area contributed by atoms with Gasteiger partial charge in [0.15, 0.2) is 10.2 Å². The van der Waals surface area contributed by atoms with Gasteiger partial charge in [0.25, 0.3) is 0 Å². The highest BCUT2D eigenvalue weighted by molar-refractivity contribution is 8.13. The average molecular weight is 830 g/mol. The molecule has 0 spiro atoms. The van der Waals surface area contributed by atoms with Gasteiger partial charge in [0, 0.05) is 63.9 Å². The third-order valence-electron chi connectivity index (χ3n) is 5.11. The maximum atomic E-state index is 11.1. The fourth-order valence-corrected chi connectivity index (χ4v) is 4.72. The number of thioether (sulfide) groups is 2. The third-order valence-corrected chi connectivity index (χ3v) is 7.80. The van der Waals surface area contributed by atoms with E-state index in [4.69, 9.17) is 11.5 Å². The zero-order chi connectivity index (χ0) is 41.9. The SMILES string of the molecule is C.CC.CC.CC.CCCC(=O)N[C@H](CS)C(=O)NC.CCCC(=O)SC[C@@H](N)C(=O)NC.CCCC(=O)Sc1ccccn1.CNC(=O)[C@H](N)CS. The normalized spacial score (nSPS) is 10.4. The number of hydrogen-bond acceptors (Lipinski definition) is 13. The molecule has 8 N–H and O–H groups in total. The van der Waals surface area contributed by atoms with Crippen molar-refractivity contribution >= 4 is 82.6 Å². The lowest BCUT2D eigenvalue weighted by molar-refractivity contribution is -0.128. The van der Waals surface area contributed by atoms with E-state index in [0.717, 1.165) is 36.1 Å². The van der Waals surface area contributed by atoms with Gasteiger partial charge in [-0.2, -0.15) is 25.3 Å². The Morgan fingerprint density at radius 3 is 1.51 bits per heavy atom. The molecule has 53 heavy (non-hydrogen) atoms. The Bertz CT molecular complexity index is 1010. The van der Waals surface area contributed by atoms with Crippen LogP contribution in [0.2, 0.25) is 0 Å². The minimum atomic E-state index is -0.587. The topological polar surface area (TPSA) is 215 Å². The first-order chi connectivity index (χ1) is 24.8. The Morgan fingerprint density at radius 2 is 1.15 bits per heavy atom. The Balaban J connectivity index is -0.000000102. The van der Waals surface area contributed by atoms with E-state index >= 15 is 0 Å². The highest BCUT2D eigenvalue weighted by Gasteiger charge is 2.17. The van der Waals surface area contributed by atoms with Gasteiger partial charge in [-0.25, -0.2) is 4.98 Å². The first-order valence-electron chi connectivity index (χ1n) is 17.8. The molecule has 3 atom stereocenters. The van der Waals surface area contributed by atoms with Crippen molar-refractivity contribution in [1.29, 1.82) is 0 Å². The largest absolute Gasteiger partial charge is 0.358 e. The molecule has 17 heteroatoms. The van der Waals surface area contributed by atoms with Gasteiger partial charge in [-0.05, 0) is 43.2 Å². The van der Waals surface area contributed by atoms with E-state index in [-0.39, 0.29) is 41.3 Å². The quantitative estimate of drug-likeness (QED) is 0.0842. The summed E-state index contributed by atoms with van der Waals surface area (Å²) in [5.74, 6) is 0.356. The number of hydrogen-bond donors (Lipinski definition) is 8. The van der Waals surface area contributed by atoms with E-state index in [9.17, 15) is 28.8 Å². The number of thiol groups is 2. The van der Waals surface area contributed by atoms with E-state index in [1.54, 1.807) is 13.2 Å². The number of nitrogens with two attached hydrogens (primary N) is 2. The first-order valence-corrected chi connectivity index (χ1v) is 20.8. The molecule has 0 aromatic carbocycles. The van der Waals surface area contributed by atoms with Gasteiger partial charge >= 0.3 is 0 Å². The van der Waals surface area contributed by atoms with Crippen LogP contribution in [-0.4, -0.2) is 95.4 Å². The van der Waals surface area contributed by atoms with Crippen LogP contribution in [0.1, 0.15) is 108 Å². The maximum absolute atomic E-state index is 11.1. The Kier molecular flexibility index (Phi) is 64.1. The number of likely N-dealkylation sites (N-methyl/N-ethyl adjacent to an activating group) is 3. The van der Waals surface area contributed by atoms with E-state index in [1.165, 1.54) is 25.9 Å². The second-order valence-corrected chi connectivity index (χ2v) is 12.0. The van der Waals surface area contributed by atoms with Crippen LogP contribution in [0.5, 0.6) is 0 Å². The van der Waals surface area contributed by atoms with Crippen molar-refractivity contribution in [2.75, 3.05) is 38.4 Å². The van der Waals surface area contributed by atoms with Crippen LogP contribution in [-0.2, 0) is 28.8 Å². The minimum absolute atomic E-state index is 0. The fourth-order valence-electron chi connectivity index (χ4n) is 2.63. The molecular formula is C36H75N7O6S4. The summed E-state index contributed by atoms with van der Waals surface area (Å²) >= 11 is 10.1. The molecule has 0 bridgehead atoms. The molecule has 0 radical (unpaired) electrons. The molecule has 1 rings (SSSR count). The zero-order valence-corrected chi connectivity index (χ0v) is 37.1. The minimum Gasteiger partial charge on any atom is -0.358 e. The molecule has 1 aromatic heterocycles. The highest BCUT2D eigenvalue weighted by atomic mass is 32.2. The van der Waals surface area contributed by atoms with Crippen molar-refractivity contribution in [2.45, 2.75) is 131 Å². The molecule has 1 heterocycles. The second-order valence-electron chi connectivity index (χ2n) is 9.12. The molecule has 0 aliphatic heterocycles. The molecule has 0 fully saturated rings. The number of rotatable bonds is 15. The summed E-state index contributed by atoms with van der Waals surface area (Å²) < 4.78 is 0. The number of carbonyl (C=O) groups excluding carboxylic acids is 6. The zero-order valence-electron chi connectivity index (χ0n) is 33.7. The predicted molar refractivity (Wildman–Crippen MR) is 236 cm³/mol. The first kappa shape index (κ1) is 65.6. The number of carbonyl (C=O) groups is 6. The summed E-state index contributed by atoms with van der Waals surface area (Å²) in [6.07, 6.45) is 5.83. The van der Waals surface area contributed by atoms with E-state index in [2.05, 4.69) is 51.5 Å². The molecule has 0 aliphatic carbocycles. The molecule has 0 saturated heterocycles. The summed E-state index contributed by atoms with van der Waals surface area (Å²) in [6, 6.07) is 3.99. The lowest BCUT2D eigenvalue weighted by Gasteiger charge is -2.14. The van der Waals surface area contributed by atoms with Crippen molar-refractivity contribution in [3.05, 3.63) is 24.4 Å². The van der Waals surface area contributed by atoms with Crippen LogP contribution in [0.15, 0.2) is 29.4 Å². The predicted octanol–water partition coefficient (Wildman–Crippen LogP) is 5.27. The molecule has 0 aliphatic rings. The Labute approximate surface area is 341 Å². The van der Waals surface area contributed by atoms with Crippen LogP contribution in [0.4, 0.5) is 0 Å². The Hall–Kier alpha value is -2.31. The monoisotopic (exact) mass is 829 g/mol. The summed E-state index contributed by atoms with van der Waals surface area (Å²) in [5, 5.41) is 11.0. The maximum Gasteiger partial charge on any atom is 0.243 e. The number of aromatic nitrogens is 1. The van der Waals surface area contributed by atoms with Crippen LogP contribution < -0.4 is 32.7 Å². The third kappa shape index (κ3) is 45.8. The van der Waals surface area contributed by atoms with Crippen LogP contribution in [0.25, 0.3) is 0 Å². The smallest absolute Gasteiger partial charge is 0.243 e. The number of nitrogens with zero attached hydrogens (tertiary/aromatic N) is 1. The highest BCUT2D eigenvalue weighted by Crippen LogP contribution is 2.17. The molecular weight excluding hydrogens is 755 g/mol. The van der Waals surface area contributed by atoms with Crippen LogP contribution in [0, 0.1) is 0 Å². The molecule has 0 saturated carbocycles. The van der Waals surface area contributed by atoms with Gasteiger partial charge in [0.1, 0.15) is 11.1 Å². The van der Waals surface area contributed by atoms with Gasteiger partial charge in [-0.1, -0.05) is 87.6 Å². The molecule has 4 amide bonds. The Morgan fingerprint density at radius 1 is 0.698 bits per heavy atom. The van der Waals surface area contributed by atoms with Gasteiger partial charge in [-0.3, -0.25) is 28.8 Å². The lowest BCUT2D eigenvalue weighted by Crippen LogP contribution is -2.46. The van der Waals surface area contributed by atoms with Crippen molar-refractivity contribution < 1.29 is 28.8 Å². The number of nitrogens with one attached hydrogen (secondary N) is 4. The average Bonchev–Trinajstić information content (AvgIpc) is 3.18. The van der Waals surface area contributed by atoms with Gasteiger partial charge in [-0.15, -0.1) is 0 Å². The van der Waals surface area contributed by atoms with Crippen LogP contribution in [0.3, 0.4) is 0 Å². The van der Waals surface area contributed by atoms with Crippen molar-refractivity contribution in [1.82, 2.24) is 26.3 Å². The van der Waals surface area contributed by atoms with E-state index in [0.29, 0.717) is 36.5 Å². The fraction of sp³-hybridized carbons (Fsp3) is 0.694. The molecule has 13 nitrogen and oxygen atoms in total. The summed E-state index contributed by atoms with van der Waals surface area (Å²) in [6.45, 7) is 17.9. The van der Waals surface area contributed by atoms with Crippen molar-refractivity contribution in [2.24, 2.45) is 11.5 Å². The molecule has 314 valence electrons. The van der Waals surface area contributed by atoms with Crippen molar-refractivity contribution in [3.63, 3.8) is 0 Å². The van der Waals surface area contributed by atoms with E-state index in [1.807, 2.05) is 80.5 Å². The summed E-state index contributed by atoms with van der Waals surface area (Å²) in [4.78, 5) is 69.8. The number of amides is 4. The van der Waals surface area contributed by atoms with Gasteiger partial charge in [0.2, 0.25) is 23.6 Å². The van der Waals surface area contributed by atoms with Gasteiger partial charge < -0.3 is 32.7 Å². The second kappa shape index (κ2) is 51.8. The van der Waals surface area contributed by atoms with Crippen LogP contribution >= 0.6 is 48.8 Å². The molecule has 1 aromatic rings.